The lowest BCUT2D eigenvalue weighted by Crippen LogP contribution is -2.48. The molecule has 5 heteroatoms. The van der Waals surface area contributed by atoms with Crippen LogP contribution in [0.2, 0.25) is 0 Å². The van der Waals surface area contributed by atoms with Crippen molar-refractivity contribution in [3.63, 3.8) is 0 Å². The number of anilines is 1. The number of nitrogens with zero attached hydrogens (tertiary/aromatic N) is 1. The molecule has 0 heterocycles. The summed E-state index contributed by atoms with van der Waals surface area (Å²) in [7, 11) is 1.58. The Morgan fingerprint density at radius 1 is 1.50 bits per heavy atom. The van der Waals surface area contributed by atoms with Crippen molar-refractivity contribution in [2.75, 3.05) is 19.0 Å². The van der Waals surface area contributed by atoms with Crippen molar-refractivity contribution < 1.29 is 9.53 Å². The average molecular weight is 273 g/mol. The highest BCUT2D eigenvalue weighted by Crippen LogP contribution is 2.39. The van der Waals surface area contributed by atoms with Crippen LogP contribution in [0.15, 0.2) is 24.3 Å². The van der Waals surface area contributed by atoms with E-state index in [1.807, 2.05) is 24.3 Å². The molecule has 0 radical (unpaired) electrons. The van der Waals surface area contributed by atoms with Crippen molar-refractivity contribution in [2.24, 2.45) is 5.92 Å². The number of para-hydroxylation sites is 2. The van der Waals surface area contributed by atoms with E-state index < -0.39 is 5.54 Å². The topological polar surface area (TPSA) is 74.2 Å². The van der Waals surface area contributed by atoms with Crippen LogP contribution in [-0.4, -0.2) is 25.1 Å². The Labute approximate surface area is 118 Å². The van der Waals surface area contributed by atoms with Crippen LogP contribution in [0, 0.1) is 17.2 Å². The molecule has 2 rings (SSSR count). The average Bonchev–Trinajstić information content (AvgIpc) is 3.30. The molecule has 0 saturated heterocycles. The molecule has 1 aliphatic rings. The molecule has 106 valence electrons. The molecule has 1 aromatic rings. The molecule has 1 amide bonds. The molecule has 0 unspecified atom stereocenters. The van der Waals surface area contributed by atoms with Crippen LogP contribution in [0.1, 0.15) is 19.8 Å². The van der Waals surface area contributed by atoms with Crippen LogP contribution in [0.5, 0.6) is 5.75 Å². The highest BCUT2D eigenvalue weighted by atomic mass is 16.5. The second kappa shape index (κ2) is 5.83. The van der Waals surface area contributed by atoms with Gasteiger partial charge in [0, 0.05) is 0 Å². The van der Waals surface area contributed by atoms with Crippen molar-refractivity contribution in [2.45, 2.75) is 25.3 Å². The van der Waals surface area contributed by atoms with E-state index >= 15 is 0 Å². The van der Waals surface area contributed by atoms with Gasteiger partial charge in [-0.1, -0.05) is 12.1 Å². The van der Waals surface area contributed by atoms with Crippen LogP contribution < -0.4 is 15.4 Å². The van der Waals surface area contributed by atoms with Crippen molar-refractivity contribution in [1.82, 2.24) is 5.32 Å². The van der Waals surface area contributed by atoms with Crippen LogP contribution in [-0.2, 0) is 4.79 Å². The number of methoxy groups -OCH3 is 1. The van der Waals surface area contributed by atoms with E-state index in [2.05, 4.69) is 16.7 Å². The number of carbonyl (C=O) groups excluding carboxylic acids is 1. The molecule has 1 atom stereocenters. The number of carbonyl (C=O) groups is 1. The Bertz CT molecular complexity index is 534. The SMILES string of the molecule is COc1ccccc1NCC(=O)N[C@](C)(C#N)C1CC1. The van der Waals surface area contributed by atoms with E-state index in [9.17, 15) is 10.1 Å². The Morgan fingerprint density at radius 2 is 2.20 bits per heavy atom. The molecule has 1 fully saturated rings. The number of amides is 1. The molecule has 20 heavy (non-hydrogen) atoms. The normalized spacial score (nSPS) is 16.6. The minimum atomic E-state index is -0.750. The monoisotopic (exact) mass is 273 g/mol. The fourth-order valence-electron chi connectivity index (χ4n) is 2.18. The summed E-state index contributed by atoms with van der Waals surface area (Å²) in [6.07, 6.45) is 2.01. The van der Waals surface area contributed by atoms with Gasteiger partial charge in [-0.2, -0.15) is 5.26 Å². The van der Waals surface area contributed by atoms with Gasteiger partial charge in [-0.25, -0.2) is 0 Å². The molecule has 1 aromatic carbocycles. The molecule has 5 nitrogen and oxygen atoms in total. The first-order chi connectivity index (χ1) is 9.59. The summed E-state index contributed by atoms with van der Waals surface area (Å²) in [6, 6.07) is 9.61. The number of benzene rings is 1. The lowest BCUT2D eigenvalue weighted by molar-refractivity contribution is -0.120. The van der Waals surface area contributed by atoms with E-state index in [0.29, 0.717) is 5.75 Å². The standard InChI is InChI=1S/C15H19N3O2/c1-15(10-16,11-7-8-11)18-14(19)9-17-12-5-3-4-6-13(12)20-2/h3-6,11,17H,7-9H2,1-2H3,(H,18,19)/t15-/m1/s1. The zero-order chi connectivity index (χ0) is 14.6. The minimum Gasteiger partial charge on any atom is -0.495 e. The van der Waals surface area contributed by atoms with Crippen LogP contribution >= 0.6 is 0 Å². The fourth-order valence-corrected chi connectivity index (χ4v) is 2.18. The summed E-state index contributed by atoms with van der Waals surface area (Å²) in [4.78, 5) is 12.0. The van der Waals surface area contributed by atoms with Gasteiger partial charge in [0.1, 0.15) is 11.3 Å². The molecule has 2 N–H and O–H groups in total. The predicted molar refractivity (Wildman–Crippen MR) is 76.4 cm³/mol. The Balaban J connectivity index is 1.91. The van der Waals surface area contributed by atoms with E-state index in [0.717, 1.165) is 18.5 Å². The Morgan fingerprint density at radius 3 is 2.80 bits per heavy atom. The molecule has 0 spiro atoms. The highest BCUT2D eigenvalue weighted by Gasteiger charge is 2.42. The zero-order valence-electron chi connectivity index (χ0n) is 11.8. The smallest absolute Gasteiger partial charge is 0.240 e. The van der Waals surface area contributed by atoms with Crippen molar-refractivity contribution in [1.29, 1.82) is 5.26 Å². The summed E-state index contributed by atoms with van der Waals surface area (Å²) < 4.78 is 5.20. The van der Waals surface area contributed by atoms with Gasteiger partial charge in [0.15, 0.2) is 0 Å². The maximum atomic E-state index is 12.0. The summed E-state index contributed by atoms with van der Waals surface area (Å²) in [5.41, 5.74) is 0.00902. The van der Waals surface area contributed by atoms with Gasteiger partial charge in [0.05, 0.1) is 25.4 Å². The molecular weight excluding hydrogens is 254 g/mol. The minimum absolute atomic E-state index is 0.115. The summed E-state index contributed by atoms with van der Waals surface area (Å²) in [5.74, 6) is 0.778. The maximum absolute atomic E-state index is 12.0. The van der Waals surface area contributed by atoms with E-state index in [-0.39, 0.29) is 18.4 Å². The van der Waals surface area contributed by atoms with Gasteiger partial charge in [0.2, 0.25) is 5.91 Å². The number of hydrogen-bond acceptors (Lipinski definition) is 4. The molecular formula is C15H19N3O2. The quantitative estimate of drug-likeness (QED) is 0.830. The van der Waals surface area contributed by atoms with E-state index in [1.165, 1.54) is 0 Å². The third-order valence-corrected chi connectivity index (χ3v) is 3.57. The van der Waals surface area contributed by atoms with Gasteiger partial charge in [0.25, 0.3) is 0 Å². The van der Waals surface area contributed by atoms with Crippen molar-refractivity contribution in [3.05, 3.63) is 24.3 Å². The van der Waals surface area contributed by atoms with Crippen LogP contribution in [0.4, 0.5) is 5.69 Å². The first-order valence-corrected chi connectivity index (χ1v) is 6.68. The number of nitriles is 1. The fraction of sp³-hybridized carbons (Fsp3) is 0.467. The van der Waals surface area contributed by atoms with Gasteiger partial charge < -0.3 is 15.4 Å². The second-order valence-electron chi connectivity index (χ2n) is 5.19. The molecule has 0 aromatic heterocycles. The van der Waals surface area contributed by atoms with Crippen molar-refractivity contribution >= 4 is 11.6 Å². The molecule has 0 bridgehead atoms. The Kier molecular flexibility index (Phi) is 4.14. The van der Waals surface area contributed by atoms with Crippen LogP contribution in [0.25, 0.3) is 0 Å². The Hall–Kier alpha value is -2.22. The number of hydrogen-bond donors (Lipinski definition) is 2. The van der Waals surface area contributed by atoms with Gasteiger partial charge in [-0.3, -0.25) is 4.79 Å². The van der Waals surface area contributed by atoms with Crippen molar-refractivity contribution in [3.8, 4) is 11.8 Å². The molecule has 1 aliphatic carbocycles. The zero-order valence-corrected chi connectivity index (χ0v) is 11.8. The number of rotatable bonds is 6. The van der Waals surface area contributed by atoms with Gasteiger partial charge >= 0.3 is 0 Å². The van der Waals surface area contributed by atoms with E-state index in [4.69, 9.17) is 4.74 Å². The molecule has 0 aliphatic heterocycles. The first kappa shape index (κ1) is 14.2. The first-order valence-electron chi connectivity index (χ1n) is 6.68. The number of ether oxygens (including phenoxy) is 1. The van der Waals surface area contributed by atoms with Crippen LogP contribution in [0.3, 0.4) is 0 Å². The third-order valence-electron chi connectivity index (χ3n) is 3.57. The summed E-state index contributed by atoms with van der Waals surface area (Å²) in [5, 5.41) is 15.0. The number of nitrogens with one attached hydrogen (secondary N) is 2. The third kappa shape index (κ3) is 3.21. The summed E-state index contributed by atoms with van der Waals surface area (Å²) in [6.45, 7) is 1.90. The van der Waals surface area contributed by atoms with Gasteiger partial charge in [-0.05, 0) is 37.8 Å². The van der Waals surface area contributed by atoms with Gasteiger partial charge in [-0.15, -0.1) is 0 Å². The second-order valence-corrected chi connectivity index (χ2v) is 5.19. The molecule has 1 saturated carbocycles. The van der Waals surface area contributed by atoms with E-state index in [1.54, 1.807) is 14.0 Å². The lowest BCUT2D eigenvalue weighted by Gasteiger charge is -2.23. The highest BCUT2D eigenvalue weighted by molar-refractivity contribution is 5.82. The maximum Gasteiger partial charge on any atom is 0.240 e. The summed E-state index contributed by atoms with van der Waals surface area (Å²) >= 11 is 0. The predicted octanol–water partition coefficient (Wildman–Crippen LogP) is 1.92. The largest absolute Gasteiger partial charge is 0.495 e. The lowest BCUT2D eigenvalue weighted by atomic mass is 9.98.